The van der Waals surface area contributed by atoms with Crippen LogP contribution < -0.4 is 5.32 Å². The first kappa shape index (κ1) is 15.1. The Balaban J connectivity index is 1.81. The minimum atomic E-state index is 0.510. The molecule has 0 bridgehead atoms. The molecule has 2 rings (SSSR count). The summed E-state index contributed by atoms with van der Waals surface area (Å²) in [7, 11) is 0. The molecule has 0 saturated carbocycles. The lowest BCUT2D eigenvalue weighted by molar-refractivity contribution is 0.530. The van der Waals surface area contributed by atoms with Gasteiger partial charge in [0.2, 0.25) is 0 Å². The van der Waals surface area contributed by atoms with Gasteiger partial charge in [0.05, 0.1) is 17.6 Å². The van der Waals surface area contributed by atoms with E-state index in [0.29, 0.717) is 6.04 Å². The fourth-order valence-electron chi connectivity index (χ4n) is 1.85. The third-order valence-corrected chi connectivity index (χ3v) is 3.99. The van der Waals surface area contributed by atoms with E-state index in [1.165, 1.54) is 17.9 Å². The Kier molecular flexibility index (Phi) is 6.08. The van der Waals surface area contributed by atoms with Crippen LogP contribution in [0.2, 0.25) is 0 Å². The zero-order valence-corrected chi connectivity index (χ0v) is 12.9. The molecular formula is C15H22N4S. The molecule has 1 aromatic carbocycles. The first-order valence-corrected chi connectivity index (χ1v) is 8.23. The summed E-state index contributed by atoms with van der Waals surface area (Å²) < 4.78 is 0. The van der Waals surface area contributed by atoms with Crippen LogP contribution in [0.1, 0.15) is 26.0 Å². The van der Waals surface area contributed by atoms with Crippen molar-refractivity contribution in [3.8, 4) is 5.69 Å². The molecule has 0 saturated heterocycles. The van der Waals surface area contributed by atoms with Crippen LogP contribution in [-0.2, 0) is 6.54 Å². The summed E-state index contributed by atoms with van der Waals surface area (Å²) in [5.41, 5.74) is 1.97. The van der Waals surface area contributed by atoms with E-state index < -0.39 is 0 Å². The van der Waals surface area contributed by atoms with Gasteiger partial charge in [-0.2, -0.15) is 26.8 Å². The molecule has 2 aromatic rings. The predicted octanol–water partition coefficient (Wildman–Crippen LogP) is 2.89. The highest BCUT2D eigenvalue weighted by Crippen LogP contribution is 2.06. The molecule has 0 aliphatic rings. The Hall–Kier alpha value is -1.33. The number of hydrogen-bond donors (Lipinski definition) is 1. The number of thioether (sulfide) groups is 1. The normalized spacial score (nSPS) is 12.5. The Morgan fingerprint density at radius 3 is 2.85 bits per heavy atom. The molecule has 1 heterocycles. The van der Waals surface area contributed by atoms with Crippen molar-refractivity contribution in [1.29, 1.82) is 0 Å². The van der Waals surface area contributed by atoms with E-state index in [1.54, 1.807) is 4.80 Å². The van der Waals surface area contributed by atoms with Crippen molar-refractivity contribution in [2.75, 3.05) is 11.5 Å². The van der Waals surface area contributed by atoms with Crippen LogP contribution in [0.5, 0.6) is 0 Å². The molecule has 0 radical (unpaired) electrons. The minimum Gasteiger partial charge on any atom is -0.309 e. The highest BCUT2D eigenvalue weighted by molar-refractivity contribution is 7.99. The van der Waals surface area contributed by atoms with Crippen LogP contribution in [0.3, 0.4) is 0 Å². The molecule has 108 valence electrons. The Bertz CT molecular complexity index is 498. The number of para-hydroxylation sites is 1. The molecule has 0 spiro atoms. The van der Waals surface area contributed by atoms with E-state index in [-0.39, 0.29) is 0 Å². The summed E-state index contributed by atoms with van der Waals surface area (Å²) in [6.45, 7) is 5.19. The van der Waals surface area contributed by atoms with E-state index in [9.17, 15) is 0 Å². The molecule has 1 N–H and O–H groups in total. The average molecular weight is 290 g/mol. The SMILES string of the molecule is CCSCCC(C)NCc1cnn(-c2ccccc2)n1. The molecule has 0 aliphatic heterocycles. The van der Waals surface area contributed by atoms with Crippen molar-refractivity contribution in [3.05, 3.63) is 42.2 Å². The number of nitrogens with zero attached hydrogens (tertiary/aromatic N) is 3. The number of hydrogen-bond acceptors (Lipinski definition) is 4. The van der Waals surface area contributed by atoms with Gasteiger partial charge in [-0.05, 0) is 37.0 Å². The van der Waals surface area contributed by atoms with Crippen LogP contribution in [0.25, 0.3) is 5.69 Å². The van der Waals surface area contributed by atoms with Crippen LogP contribution in [0, 0.1) is 0 Å². The summed E-state index contributed by atoms with van der Waals surface area (Å²) in [4.78, 5) is 1.68. The monoisotopic (exact) mass is 290 g/mol. The second-order valence-corrected chi connectivity index (χ2v) is 6.12. The maximum absolute atomic E-state index is 4.49. The zero-order valence-electron chi connectivity index (χ0n) is 12.1. The molecule has 1 atom stereocenters. The fourth-order valence-corrected chi connectivity index (χ4v) is 2.66. The maximum atomic E-state index is 4.49. The van der Waals surface area contributed by atoms with Gasteiger partial charge in [-0.3, -0.25) is 0 Å². The van der Waals surface area contributed by atoms with Gasteiger partial charge in [-0.1, -0.05) is 25.1 Å². The van der Waals surface area contributed by atoms with Gasteiger partial charge in [0, 0.05) is 12.6 Å². The predicted molar refractivity (Wildman–Crippen MR) is 85.3 cm³/mol. The van der Waals surface area contributed by atoms with Gasteiger partial charge in [-0.15, -0.1) is 0 Å². The average Bonchev–Trinajstić information content (AvgIpc) is 2.95. The molecule has 20 heavy (non-hydrogen) atoms. The van der Waals surface area contributed by atoms with Gasteiger partial charge in [0.15, 0.2) is 0 Å². The molecule has 0 amide bonds. The van der Waals surface area contributed by atoms with Gasteiger partial charge in [0.25, 0.3) is 0 Å². The van der Waals surface area contributed by atoms with Crippen molar-refractivity contribution in [2.24, 2.45) is 0 Å². The quantitative estimate of drug-likeness (QED) is 0.759. The van der Waals surface area contributed by atoms with Crippen molar-refractivity contribution in [2.45, 2.75) is 32.9 Å². The van der Waals surface area contributed by atoms with E-state index in [4.69, 9.17) is 0 Å². The van der Waals surface area contributed by atoms with Crippen molar-refractivity contribution in [1.82, 2.24) is 20.3 Å². The lowest BCUT2D eigenvalue weighted by Crippen LogP contribution is -2.26. The van der Waals surface area contributed by atoms with Crippen molar-refractivity contribution >= 4 is 11.8 Å². The standard InChI is InChI=1S/C15H22N4S/c1-3-20-10-9-13(2)16-11-14-12-17-19(18-14)15-7-5-4-6-8-15/h4-8,12-13,16H,3,9-11H2,1-2H3. The molecular weight excluding hydrogens is 268 g/mol. The van der Waals surface area contributed by atoms with E-state index in [0.717, 1.165) is 17.9 Å². The number of rotatable bonds is 8. The van der Waals surface area contributed by atoms with E-state index in [1.807, 2.05) is 48.3 Å². The van der Waals surface area contributed by atoms with Crippen molar-refractivity contribution < 1.29 is 0 Å². The second kappa shape index (κ2) is 8.07. The Morgan fingerprint density at radius 2 is 2.10 bits per heavy atom. The largest absolute Gasteiger partial charge is 0.309 e. The molecule has 1 unspecified atom stereocenters. The summed E-state index contributed by atoms with van der Waals surface area (Å²) in [5, 5.41) is 12.3. The first-order valence-electron chi connectivity index (χ1n) is 7.07. The highest BCUT2D eigenvalue weighted by atomic mass is 32.2. The van der Waals surface area contributed by atoms with Gasteiger partial charge in [-0.25, -0.2) is 0 Å². The lowest BCUT2D eigenvalue weighted by atomic mass is 10.2. The van der Waals surface area contributed by atoms with E-state index in [2.05, 4.69) is 29.4 Å². The molecule has 0 aliphatic carbocycles. The third-order valence-electron chi connectivity index (χ3n) is 3.06. The molecule has 1 aromatic heterocycles. The van der Waals surface area contributed by atoms with Crippen LogP contribution >= 0.6 is 11.8 Å². The van der Waals surface area contributed by atoms with Crippen LogP contribution in [-0.4, -0.2) is 32.5 Å². The first-order chi connectivity index (χ1) is 9.79. The molecule has 5 heteroatoms. The van der Waals surface area contributed by atoms with E-state index >= 15 is 0 Å². The maximum Gasteiger partial charge on any atom is 0.0969 e. The van der Waals surface area contributed by atoms with Crippen LogP contribution in [0.4, 0.5) is 0 Å². The fraction of sp³-hybridized carbons (Fsp3) is 0.467. The zero-order chi connectivity index (χ0) is 14.2. The van der Waals surface area contributed by atoms with Gasteiger partial charge in [0.1, 0.15) is 0 Å². The number of benzene rings is 1. The van der Waals surface area contributed by atoms with Gasteiger partial charge < -0.3 is 5.32 Å². The second-order valence-electron chi connectivity index (χ2n) is 4.73. The molecule has 0 fully saturated rings. The summed E-state index contributed by atoms with van der Waals surface area (Å²) >= 11 is 1.99. The van der Waals surface area contributed by atoms with Gasteiger partial charge >= 0.3 is 0 Å². The van der Waals surface area contributed by atoms with Crippen LogP contribution in [0.15, 0.2) is 36.5 Å². The topological polar surface area (TPSA) is 42.7 Å². The summed E-state index contributed by atoms with van der Waals surface area (Å²) in [6.07, 6.45) is 3.01. The lowest BCUT2D eigenvalue weighted by Gasteiger charge is -2.11. The number of nitrogens with one attached hydrogen (secondary N) is 1. The Morgan fingerprint density at radius 1 is 1.30 bits per heavy atom. The summed E-state index contributed by atoms with van der Waals surface area (Å²) in [5.74, 6) is 2.40. The Labute approximate surface area is 125 Å². The smallest absolute Gasteiger partial charge is 0.0969 e. The minimum absolute atomic E-state index is 0.510. The van der Waals surface area contributed by atoms with Crippen molar-refractivity contribution in [3.63, 3.8) is 0 Å². The number of aromatic nitrogens is 3. The third kappa shape index (κ3) is 4.65. The highest BCUT2D eigenvalue weighted by Gasteiger charge is 2.05. The molecule has 4 nitrogen and oxygen atoms in total. The summed E-state index contributed by atoms with van der Waals surface area (Å²) in [6, 6.07) is 10.5.